The van der Waals surface area contributed by atoms with E-state index in [1.807, 2.05) is 37.3 Å². The molecule has 0 aliphatic carbocycles. The van der Waals surface area contributed by atoms with E-state index in [9.17, 15) is 0 Å². The number of hydrogen-bond acceptors (Lipinski definition) is 5. The van der Waals surface area contributed by atoms with E-state index >= 15 is 0 Å². The molecule has 1 aromatic carbocycles. The molecule has 0 saturated heterocycles. The monoisotopic (exact) mass is 236 g/mol. The Labute approximate surface area is 103 Å². The van der Waals surface area contributed by atoms with Crippen LogP contribution in [0.5, 0.6) is 0 Å². The molecule has 0 atom stereocenters. The molecule has 86 valence electrons. The Morgan fingerprint density at radius 2 is 1.94 bits per heavy atom. The summed E-state index contributed by atoms with van der Waals surface area (Å²) in [6.07, 6.45) is 1.46. The second-order valence-corrected chi connectivity index (χ2v) is 3.78. The van der Waals surface area contributed by atoms with Gasteiger partial charge in [-0.05, 0) is 6.92 Å². The Balaban J connectivity index is 2.30. The highest BCUT2D eigenvalue weighted by Crippen LogP contribution is 2.20. The van der Waals surface area contributed by atoms with Gasteiger partial charge >= 0.3 is 0 Å². The van der Waals surface area contributed by atoms with Crippen LogP contribution in [0.2, 0.25) is 0 Å². The molecular weight excluding hydrogens is 228 g/mol. The van der Waals surface area contributed by atoms with Crippen molar-refractivity contribution in [1.29, 1.82) is 5.26 Å². The highest BCUT2D eigenvalue weighted by atomic mass is 15.4. The van der Waals surface area contributed by atoms with Crippen molar-refractivity contribution in [2.24, 2.45) is 0 Å². The smallest absolute Gasteiger partial charge is 0.206 e. The second kappa shape index (κ2) is 3.89. The fourth-order valence-corrected chi connectivity index (χ4v) is 1.81. The lowest BCUT2D eigenvalue weighted by atomic mass is 10.1. The van der Waals surface area contributed by atoms with E-state index in [0.717, 1.165) is 16.5 Å². The first kappa shape index (κ1) is 10.4. The van der Waals surface area contributed by atoms with Crippen LogP contribution in [-0.4, -0.2) is 25.0 Å². The molecule has 0 radical (unpaired) electrons. The molecule has 6 nitrogen and oxygen atoms in total. The van der Waals surface area contributed by atoms with Gasteiger partial charge in [0.05, 0.1) is 5.69 Å². The second-order valence-electron chi connectivity index (χ2n) is 3.78. The quantitative estimate of drug-likeness (QED) is 0.637. The average molecular weight is 236 g/mol. The number of nitriles is 1. The molecule has 0 aliphatic heterocycles. The van der Waals surface area contributed by atoms with Gasteiger partial charge in [-0.2, -0.15) is 15.0 Å². The van der Waals surface area contributed by atoms with Crippen LogP contribution >= 0.6 is 0 Å². The van der Waals surface area contributed by atoms with Gasteiger partial charge in [-0.15, -0.1) is 10.2 Å². The van der Waals surface area contributed by atoms with Crippen molar-refractivity contribution in [1.82, 2.24) is 25.0 Å². The predicted octanol–water partition coefficient (Wildman–Crippen LogP) is 1.39. The summed E-state index contributed by atoms with van der Waals surface area (Å²) in [4.78, 5) is 3.86. The Morgan fingerprint density at radius 1 is 1.17 bits per heavy atom. The van der Waals surface area contributed by atoms with E-state index in [1.54, 1.807) is 0 Å². The van der Waals surface area contributed by atoms with Gasteiger partial charge in [-0.25, -0.2) is 4.98 Å². The van der Waals surface area contributed by atoms with E-state index < -0.39 is 0 Å². The largest absolute Gasteiger partial charge is 0.252 e. The molecule has 0 saturated carbocycles. The fraction of sp³-hybridized carbons (Fsp3) is 0.0833. The summed E-state index contributed by atoms with van der Waals surface area (Å²) >= 11 is 0. The number of nitrogens with zero attached hydrogens (tertiary/aromatic N) is 6. The number of aromatic nitrogens is 5. The molecule has 2 aromatic heterocycles. The lowest BCUT2D eigenvalue weighted by molar-refractivity contribution is 0.814. The fourth-order valence-electron chi connectivity index (χ4n) is 1.81. The summed E-state index contributed by atoms with van der Waals surface area (Å²) in [5, 5.41) is 22.9. The van der Waals surface area contributed by atoms with Crippen LogP contribution < -0.4 is 0 Å². The molecule has 2 heterocycles. The van der Waals surface area contributed by atoms with Crippen LogP contribution in [0, 0.1) is 18.3 Å². The minimum Gasteiger partial charge on any atom is -0.206 e. The van der Waals surface area contributed by atoms with E-state index in [4.69, 9.17) is 5.26 Å². The maximum atomic E-state index is 8.73. The van der Waals surface area contributed by atoms with E-state index in [1.165, 1.54) is 11.0 Å². The van der Waals surface area contributed by atoms with Crippen LogP contribution in [0.25, 0.3) is 16.6 Å². The average Bonchev–Trinajstić information content (AvgIpc) is 2.88. The summed E-state index contributed by atoms with van der Waals surface area (Å²) in [5.74, 6) is 0.687. The molecule has 0 bridgehead atoms. The molecule has 6 heteroatoms. The van der Waals surface area contributed by atoms with Gasteiger partial charge in [0.2, 0.25) is 0 Å². The van der Waals surface area contributed by atoms with Gasteiger partial charge in [0.1, 0.15) is 12.4 Å². The lowest BCUT2D eigenvalue weighted by Gasteiger charge is -2.05. The zero-order valence-electron chi connectivity index (χ0n) is 9.57. The summed E-state index contributed by atoms with van der Waals surface area (Å²) < 4.78 is 1.47. The Bertz CT molecular complexity index is 768. The maximum absolute atomic E-state index is 8.73. The zero-order chi connectivity index (χ0) is 12.5. The number of hydrogen-bond donors (Lipinski definition) is 0. The maximum Gasteiger partial charge on any atom is 0.252 e. The highest BCUT2D eigenvalue weighted by molar-refractivity contribution is 5.89. The molecular formula is C12H8N6. The van der Waals surface area contributed by atoms with Gasteiger partial charge in [0, 0.05) is 10.8 Å². The van der Waals surface area contributed by atoms with Gasteiger partial charge in [-0.3, -0.25) is 0 Å². The molecule has 0 unspecified atom stereocenters. The molecule has 0 N–H and O–H groups in total. The number of benzene rings is 1. The van der Waals surface area contributed by atoms with Crippen molar-refractivity contribution in [2.45, 2.75) is 6.92 Å². The first-order valence-electron chi connectivity index (χ1n) is 5.34. The standard InChI is InChI=1S/C12H8N6/c1-8-9-4-2-3-5-10(9)12(16-15-8)18-7-14-11(6-13)17-18/h2-5,7H,1H3. The van der Waals surface area contributed by atoms with Crippen LogP contribution in [0.3, 0.4) is 0 Å². The Kier molecular flexibility index (Phi) is 2.24. The minimum atomic E-state index is 0.112. The zero-order valence-corrected chi connectivity index (χ0v) is 9.57. The molecule has 0 amide bonds. The van der Waals surface area contributed by atoms with Crippen molar-refractivity contribution < 1.29 is 0 Å². The van der Waals surface area contributed by atoms with Crippen molar-refractivity contribution in [3.05, 3.63) is 42.1 Å². The molecule has 0 spiro atoms. The number of aryl methyl sites for hydroxylation is 1. The predicted molar refractivity (Wildman–Crippen MR) is 63.9 cm³/mol. The van der Waals surface area contributed by atoms with Gasteiger partial charge in [-0.1, -0.05) is 24.3 Å². The third kappa shape index (κ3) is 1.50. The number of fused-ring (bicyclic) bond motifs is 1. The SMILES string of the molecule is Cc1nnc(-n2cnc(C#N)n2)c2ccccc12. The summed E-state index contributed by atoms with van der Waals surface area (Å²) in [6, 6.07) is 9.68. The lowest BCUT2D eigenvalue weighted by Crippen LogP contribution is -2.03. The normalized spacial score (nSPS) is 10.4. The first-order chi connectivity index (χ1) is 8.79. The molecule has 0 aliphatic rings. The molecule has 0 fully saturated rings. The summed E-state index contributed by atoms with van der Waals surface area (Å²) in [7, 11) is 0. The minimum absolute atomic E-state index is 0.112. The van der Waals surface area contributed by atoms with Gasteiger partial charge in [0.15, 0.2) is 5.82 Å². The highest BCUT2D eigenvalue weighted by Gasteiger charge is 2.09. The van der Waals surface area contributed by atoms with E-state index in [0.29, 0.717) is 5.82 Å². The van der Waals surface area contributed by atoms with Crippen LogP contribution in [-0.2, 0) is 0 Å². The third-order valence-electron chi connectivity index (χ3n) is 2.66. The van der Waals surface area contributed by atoms with Gasteiger partial charge < -0.3 is 0 Å². The molecule has 3 aromatic rings. The van der Waals surface area contributed by atoms with E-state index in [-0.39, 0.29) is 5.82 Å². The van der Waals surface area contributed by atoms with Gasteiger partial charge in [0.25, 0.3) is 5.82 Å². The summed E-state index contributed by atoms with van der Waals surface area (Å²) in [5.41, 5.74) is 0.856. The number of rotatable bonds is 1. The third-order valence-corrected chi connectivity index (χ3v) is 2.66. The molecule has 3 rings (SSSR count). The van der Waals surface area contributed by atoms with Crippen LogP contribution in [0.4, 0.5) is 0 Å². The van der Waals surface area contributed by atoms with Crippen LogP contribution in [0.15, 0.2) is 30.6 Å². The molecule has 18 heavy (non-hydrogen) atoms. The van der Waals surface area contributed by atoms with Crippen molar-refractivity contribution in [2.75, 3.05) is 0 Å². The van der Waals surface area contributed by atoms with Crippen molar-refractivity contribution in [3.63, 3.8) is 0 Å². The Hall–Kier alpha value is -2.81. The van der Waals surface area contributed by atoms with Crippen LogP contribution in [0.1, 0.15) is 11.5 Å². The summed E-state index contributed by atoms with van der Waals surface area (Å²) in [6.45, 7) is 1.90. The van der Waals surface area contributed by atoms with E-state index in [2.05, 4.69) is 20.3 Å². The van der Waals surface area contributed by atoms with Crippen molar-refractivity contribution >= 4 is 10.8 Å². The topological polar surface area (TPSA) is 80.3 Å². The first-order valence-corrected chi connectivity index (χ1v) is 5.34. The Morgan fingerprint density at radius 3 is 2.67 bits per heavy atom. The van der Waals surface area contributed by atoms with Crippen molar-refractivity contribution in [3.8, 4) is 11.9 Å².